The summed E-state index contributed by atoms with van der Waals surface area (Å²) in [6.45, 7) is 0. The maximum Gasteiger partial charge on any atom is 0.260 e. The first-order chi connectivity index (χ1) is 10.7. The topological polar surface area (TPSA) is 51.2 Å². The molecule has 3 aromatic rings. The van der Waals surface area contributed by atoms with Crippen LogP contribution in [0.3, 0.4) is 0 Å². The summed E-state index contributed by atoms with van der Waals surface area (Å²) in [5, 5.41) is 4.81. The third-order valence-corrected chi connectivity index (χ3v) is 3.92. The van der Waals surface area contributed by atoms with Crippen molar-refractivity contribution in [3.05, 3.63) is 63.9 Å². The Morgan fingerprint density at radius 1 is 1.14 bits per heavy atom. The molecule has 0 unspecified atom stereocenters. The molecule has 0 spiro atoms. The fourth-order valence-electron chi connectivity index (χ4n) is 2.20. The van der Waals surface area contributed by atoms with E-state index >= 15 is 0 Å². The van der Waals surface area contributed by atoms with Crippen molar-refractivity contribution in [3.63, 3.8) is 0 Å². The molecule has 2 aromatic carbocycles. The standard InChI is InChI=1S/C17H13IN2O2/c1-22-15-9-12-5-3-2-4-11(12)8-14(15)17(21)20-16-7-6-13(18)10-19-16/h2-10H,1H3,(H,19,20,21). The summed E-state index contributed by atoms with van der Waals surface area (Å²) >= 11 is 2.17. The first kappa shape index (κ1) is 14.8. The predicted molar refractivity (Wildman–Crippen MR) is 95.4 cm³/mol. The lowest BCUT2D eigenvalue weighted by Crippen LogP contribution is -2.14. The Balaban J connectivity index is 1.97. The molecule has 5 heteroatoms. The third-order valence-electron chi connectivity index (χ3n) is 3.28. The number of aromatic nitrogens is 1. The van der Waals surface area contributed by atoms with Gasteiger partial charge in [-0.05, 0) is 57.6 Å². The number of amides is 1. The van der Waals surface area contributed by atoms with Crippen molar-refractivity contribution < 1.29 is 9.53 Å². The lowest BCUT2D eigenvalue weighted by Gasteiger charge is -2.10. The number of anilines is 1. The molecule has 22 heavy (non-hydrogen) atoms. The van der Waals surface area contributed by atoms with E-state index in [4.69, 9.17) is 4.74 Å². The van der Waals surface area contributed by atoms with Crippen LogP contribution in [0.5, 0.6) is 5.75 Å². The van der Waals surface area contributed by atoms with E-state index in [2.05, 4.69) is 32.9 Å². The largest absolute Gasteiger partial charge is 0.496 e. The number of carbonyl (C=O) groups is 1. The van der Waals surface area contributed by atoms with Crippen molar-refractivity contribution in [1.82, 2.24) is 4.98 Å². The Morgan fingerprint density at radius 2 is 1.86 bits per heavy atom. The molecule has 3 rings (SSSR count). The minimum absolute atomic E-state index is 0.240. The van der Waals surface area contributed by atoms with E-state index in [1.807, 2.05) is 42.5 Å². The molecule has 110 valence electrons. The van der Waals surface area contributed by atoms with Crippen LogP contribution in [-0.4, -0.2) is 18.0 Å². The Labute approximate surface area is 141 Å². The normalized spacial score (nSPS) is 10.5. The summed E-state index contributed by atoms with van der Waals surface area (Å²) in [5.74, 6) is 0.818. The highest BCUT2D eigenvalue weighted by molar-refractivity contribution is 14.1. The van der Waals surface area contributed by atoms with Gasteiger partial charge in [0.2, 0.25) is 0 Å². The number of nitrogens with zero attached hydrogens (tertiary/aromatic N) is 1. The SMILES string of the molecule is COc1cc2ccccc2cc1C(=O)Nc1ccc(I)cn1. The summed E-state index contributed by atoms with van der Waals surface area (Å²) < 4.78 is 6.36. The van der Waals surface area contributed by atoms with Gasteiger partial charge in [-0.25, -0.2) is 4.98 Å². The number of fused-ring (bicyclic) bond motifs is 1. The van der Waals surface area contributed by atoms with E-state index in [0.717, 1.165) is 14.3 Å². The van der Waals surface area contributed by atoms with Gasteiger partial charge in [-0.15, -0.1) is 0 Å². The number of methoxy groups -OCH3 is 1. The molecule has 0 aliphatic rings. The highest BCUT2D eigenvalue weighted by atomic mass is 127. The van der Waals surface area contributed by atoms with Crippen molar-refractivity contribution in [3.8, 4) is 5.75 Å². The first-order valence-electron chi connectivity index (χ1n) is 6.67. The average molecular weight is 404 g/mol. The summed E-state index contributed by atoms with van der Waals surface area (Å²) in [7, 11) is 1.56. The van der Waals surface area contributed by atoms with Gasteiger partial charge in [0, 0.05) is 9.77 Å². The van der Waals surface area contributed by atoms with Gasteiger partial charge in [0.1, 0.15) is 11.6 Å². The number of pyridine rings is 1. The van der Waals surface area contributed by atoms with Crippen molar-refractivity contribution in [2.24, 2.45) is 0 Å². The van der Waals surface area contributed by atoms with Crippen molar-refractivity contribution in [2.45, 2.75) is 0 Å². The van der Waals surface area contributed by atoms with E-state index in [-0.39, 0.29) is 5.91 Å². The quantitative estimate of drug-likeness (QED) is 0.669. The van der Waals surface area contributed by atoms with Crippen LogP contribution in [0.2, 0.25) is 0 Å². The molecule has 0 fully saturated rings. The van der Waals surface area contributed by atoms with Crippen LogP contribution in [0, 0.1) is 3.57 Å². The summed E-state index contributed by atoms with van der Waals surface area (Å²) in [4.78, 5) is 16.7. The molecule has 1 N–H and O–H groups in total. The first-order valence-corrected chi connectivity index (χ1v) is 7.75. The number of nitrogens with one attached hydrogen (secondary N) is 1. The van der Waals surface area contributed by atoms with Crippen LogP contribution in [0.15, 0.2) is 54.7 Å². The Kier molecular flexibility index (Phi) is 4.24. The Bertz CT molecular complexity index is 832. The molecule has 1 amide bonds. The van der Waals surface area contributed by atoms with E-state index in [1.54, 1.807) is 19.4 Å². The second kappa shape index (κ2) is 6.31. The van der Waals surface area contributed by atoms with Crippen LogP contribution in [0.25, 0.3) is 10.8 Å². The average Bonchev–Trinajstić information content (AvgIpc) is 2.55. The molecule has 0 aliphatic heterocycles. The van der Waals surface area contributed by atoms with Gasteiger partial charge in [-0.3, -0.25) is 4.79 Å². The van der Waals surface area contributed by atoms with Crippen molar-refractivity contribution in [2.75, 3.05) is 12.4 Å². The monoisotopic (exact) mass is 404 g/mol. The molecule has 0 saturated carbocycles. The number of ether oxygens (including phenoxy) is 1. The number of hydrogen-bond acceptors (Lipinski definition) is 3. The molecule has 0 bridgehead atoms. The van der Waals surface area contributed by atoms with Crippen LogP contribution >= 0.6 is 22.6 Å². The van der Waals surface area contributed by atoms with Crippen LogP contribution < -0.4 is 10.1 Å². The molecule has 1 aromatic heterocycles. The summed E-state index contributed by atoms with van der Waals surface area (Å²) in [6.07, 6.45) is 1.70. The maximum atomic E-state index is 12.5. The molecule has 0 atom stereocenters. The van der Waals surface area contributed by atoms with Gasteiger partial charge in [0.25, 0.3) is 5.91 Å². The number of rotatable bonds is 3. The smallest absolute Gasteiger partial charge is 0.260 e. The zero-order valence-electron chi connectivity index (χ0n) is 11.8. The lowest BCUT2D eigenvalue weighted by molar-refractivity contribution is 0.102. The molecule has 0 radical (unpaired) electrons. The molecule has 0 aliphatic carbocycles. The molecule has 4 nitrogen and oxygen atoms in total. The van der Waals surface area contributed by atoms with Gasteiger partial charge in [-0.2, -0.15) is 0 Å². The summed E-state index contributed by atoms with van der Waals surface area (Å²) in [6, 6.07) is 15.2. The van der Waals surface area contributed by atoms with E-state index in [1.165, 1.54) is 0 Å². The fraction of sp³-hybridized carbons (Fsp3) is 0.0588. The van der Waals surface area contributed by atoms with Crippen molar-refractivity contribution in [1.29, 1.82) is 0 Å². The molecular formula is C17H13IN2O2. The molecular weight excluding hydrogens is 391 g/mol. The van der Waals surface area contributed by atoms with Gasteiger partial charge < -0.3 is 10.1 Å². The van der Waals surface area contributed by atoms with Gasteiger partial charge in [-0.1, -0.05) is 24.3 Å². The van der Waals surface area contributed by atoms with Gasteiger partial charge in [0.15, 0.2) is 0 Å². The highest BCUT2D eigenvalue weighted by Gasteiger charge is 2.14. The second-order valence-electron chi connectivity index (χ2n) is 4.72. The third kappa shape index (κ3) is 3.04. The maximum absolute atomic E-state index is 12.5. The van der Waals surface area contributed by atoms with E-state index in [0.29, 0.717) is 17.1 Å². The minimum atomic E-state index is -0.240. The van der Waals surface area contributed by atoms with Gasteiger partial charge in [0.05, 0.1) is 12.7 Å². The van der Waals surface area contributed by atoms with Crippen LogP contribution in [-0.2, 0) is 0 Å². The fourth-order valence-corrected chi connectivity index (χ4v) is 2.52. The zero-order valence-corrected chi connectivity index (χ0v) is 14.0. The Morgan fingerprint density at radius 3 is 2.50 bits per heavy atom. The lowest BCUT2D eigenvalue weighted by atomic mass is 10.1. The number of halogens is 1. The molecule has 1 heterocycles. The highest BCUT2D eigenvalue weighted by Crippen LogP contribution is 2.26. The minimum Gasteiger partial charge on any atom is -0.496 e. The van der Waals surface area contributed by atoms with E-state index in [9.17, 15) is 4.79 Å². The van der Waals surface area contributed by atoms with Crippen LogP contribution in [0.4, 0.5) is 5.82 Å². The van der Waals surface area contributed by atoms with Crippen LogP contribution in [0.1, 0.15) is 10.4 Å². The number of benzene rings is 2. The van der Waals surface area contributed by atoms with Crippen molar-refractivity contribution >= 4 is 45.1 Å². The number of carbonyl (C=O) groups excluding carboxylic acids is 1. The second-order valence-corrected chi connectivity index (χ2v) is 5.96. The predicted octanol–water partition coefficient (Wildman–Crippen LogP) is 4.10. The Hall–Kier alpha value is -2.15. The zero-order chi connectivity index (χ0) is 15.5. The number of hydrogen-bond donors (Lipinski definition) is 1. The van der Waals surface area contributed by atoms with Gasteiger partial charge >= 0.3 is 0 Å². The molecule has 0 saturated heterocycles. The van der Waals surface area contributed by atoms with E-state index < -0.39 is 0 Å². The summed E-state index contributed by atoms with van der Waals surface area (Å²) in [5.41, 5.74) is 0.488.